The molecule has 0 aliphatic heterocycles. The number of rotatable bonds is 3. The molecule has 2 heterocycles. The molecule has 2 aromatic carbocycles. The van der Waals surface area contributed by atoms with E-state index in [0.717, 1.165) is 33.9 Å². The molecule has 4 heteroatoms. The molecule has 0 aliphatic rings. The molecule has 0 radical (unpaired) electrons. The predicted octanol–water partition coefficient (Wildman–Crippen LogP) is 4.68. The summed E-state index contributed by atoms with van der Waals surface area (Å²) in [6.45, 7) is 0. The van der Waals surface area contributed by atoms with Gasteiger partial charge in [0.2, 0.25) is 0 Å². The van der Waals surface area contributed by atoms with Crippen LogP contribution in [0.4, 0.5) is 0 Å². The topological polar surface area (TPSA) is 65.4 Å². The van der Waals surface area contributed by atoms with Crippen LogP contribution >= 0.6 is 0 Å². The van der Waals surface area contributed by atoms with Gasteiger partial charge in [0.1, 0.15) is 5.82 Å². The number of nitrogens with one attached hydrogen (secondary N) is 1. The fourth-order valence-corrected chi connectivity index (χ4v) is 2.74. The van der Waals surface area contributed by atoms with E-state index in [1.807, 2.05) is 42.5 Å². The number of H-pyrrole nitrogens is 1. The zero-order valence-electron chi connectivity index (χ0n) is 13.3. The maximum atomic E-state index is 8.97. The van der Waals surface area contributed by atoms with Crippen LogP contribution in [0, 0.1) is 11.3 Å². The number of hydrogen-bond acceptors (Lipinski definition) is 3. The number of aromatic amines is 1. The summed E-state index contributed by atoms with van der Waals surface area (Å²) in [6.07, 6.45) is 3.53. The quantitative estimate of drug-likeness (QED) is 0.595. The van der Waals surface area contributed by atoms with Crippen LogP contribution in [0.15, 0.2) is 79.1 Å². The second-order valence-electron chi connectivity index (χ2n) is 5.60. The molecule has 0 saturated carbocycles. The van der Waals surface area contributed by atoms with Crippen LogP contribution in [0.3, 0.4) is 0 Å². The van der Waals surface area contributed by atoms with E-state index in [2.05, 4.69) is 28.2 Å². The molecule has 0 saturated heterocycles. The van der Waals surface area contributed by atoms with Gasteiger partial charge in [-0.1, -0.05) is 30.3 Å². The Hall–Kier alpha value is -3.71. The lowest BCUT2D eigenvalue weighted by Crippen LogP contribution is -1.83. The van der Waals surface area contributed by atoms with E-state index in [0.29, 0.717) is 5.56 Å². The molecule has 0 amide bonds. The first-order valence-corrected chi connectivity index (χ1v) is 7.91. The fraction of sp³-hybridized carbons (Fsp3) is 0. The molecule has 118 valence electrons. The highest BCUT2D eigenvalue weighted by molar-refractivity contribution is 5.81. The molecule has 0 spiro atoms. The van der Waals surface area contributed by atoms with E-state index < -0.39 is 0 Å². The third-order valence-electron chi connectivity index (χ3n) is 4.01. The largest absolute Gasteiger partial charge is 0.337 e. The molecule has 4 rings (SSSR count). The Kier molecular flexibility index (Phi) is 3.82. The molecule has 2 aromatic heterocycles. The maximum absolute atomic E-state index is 8.97. The van der Waals surface area contributed by atoms with Gasteiger partial charge in [0.15, 0.2) is 0 Å². The summed E-state index contributed by atoms with van der Waals surface area (Å²) in [5.74, 6) is 0.773. The van der Waals surface area contributed by atoms with E-state index in [4.69, 9.17) is 10.2 Å². The van der Waals surface area contributed by atoms with E-state index in [1.54, 1.807) is 24.5 Å². The number of pyridine rings is 1. The van der Waals surface area contributed by atoms with Gasteiger partial charge >= 0.3 is 0 Å². The van der Waals surface area contributed by atoms with Crippen molar-refractivity contribution >= 4 is 0 Å². The Morgan fingerprint density at radius 2 is 1.48 bits per heavy atom. The number of nitrogens with zero attached hydrogens (tertiary/aromatic N) is 3. The zero-order chi connectivity index (χ0) is 17.1. The third kappa shape index (κ3) is 2.91. The minimum Gasteiger partial charge on any atom is -0.337 e. The molecule has 4 aromatic rings. The first-order chi connectivity index (χ1) is 12.3. The van der Waals surface area contributed by atoms with Crippen LogP contribution in [0.5, 0.6) is 0 Å². The first kappa shape index (κ1) is 14.9. The van der Waals surface area contributed by atoms with Gasteiger partial charge in [-0.2, -0.15) is 5.26 Å². The Bertz CT molecular complexity index is 970. The highest BCUT2D eigenvalue weighted by Crippen LogP contribution is 2.32. The normalized spacial score (nSPS) is 10.4. The van der Waals surface area contributed by atoms with E-state index in [1.165, 1.54) is 0 Å². The van der Waals surface area contributed by atoms with Crippen molar-refractivity contribution in [2.24, 2.45) is 0 Å². The molecule has 25 heavy (non-hydrogen) atoms. The maximum Gasteiger partial charge on any atom is 0.138 e. The van der Waals surface area contributed by atoms with Gasteiger partial charge in [-0.05, 0) is 36.4 Å². The van der Waals surface area contributed by atoms with Gasteiger partial charge in [0.05, 0.1) is 23.0 Å². The Morgan fingerprint density at radius 1 is 0.760 bits per heavy atom. The second-order valence-corrected chi connectivity index (χ2v) is 5.60. The van der Waals surface area contributed by atoms with Crippen LogP contribution in [-0.2, 0) is 0 Å². The molecule has 1 N–H and O–H groups in total. The van der Waals surface area contributed by atoms with Gasteiger partial charge in [0.25, 0.3) is 0 Å². The van der Waals surface area contributed by atoms with Gasteiger partial charge in [-0.3, -0.25) is 4.98 Å². The molecule has 0 atom stereocenters. The summed E-state index contributed by atoms with van der Waals surface area (Å²) in [4.78, 5) is 12.3. The van der Waals surface area contributed by atoms with Crippen molar-refractivity contribution in [3.8, 4) is 40.0 Å². The minimum absolute atomic E-state index is 0.632. The molecule has 0 unspecified atom stereocenters. The van der Waals surface area contributed by atoms with Crippen LogP contribution in [0.25, 0.3) is 33.9 Å². The molecular formula is C21H14N4. The number of aromatic nitrogens is 3. The zero-order valence-corrected chi connectivity index (χ0v) is 13.3. The fourth-order valence-electron chi connectivity index (χ4n) is 2.74. The van der Waals surface area contributed by atoms with E-state index in [-0.39, 0.29) is 0 Å². The lowest BCUT2D eigenvalue weighted by atomic mass is 10.1. The van der Waals surface area contributed by atoms with Crippen LogP contribution < -0.4 is 0 Å². The minimum atomic E-state index is 0.632. The summed E-state index contributed by atoms with van der Waals surface area (Å²) in [5.41, 5.74) is 5.50. The van der Waals surface area contributed by atoms with Crippen LogP contribution in [-0.4, -0.2) is 15.0 Å². The number of nitriles is 1. The monoisotopic (exact) mass is 322 g/mol. The Balaban J connectivity index is 1.87. The Morgan fingerprint density at radius 3 is 2.16 bits per heavy atom. The second kappa shape index (κ2) is 6.42. The highest BCUT2D eigenvalue weighted by Gasteiger charge is 2.15. The van der Waals surface area contributed by atoms with E-state index in [9.17, 15) is 0 Å². The van der Waals surface area contributed by atoms with Crippen LogP contribution in [0.1, 0.15) is 5.56 Å². The Labute approximate surface area is 145 Å². The smallest absolute Gasteiger partial charge is 0.138 e. The summed E-state index contributed by atoms with van der Waals surface area (Å²) in [5, 5.41) is 8.97. The standard InChI is InChI=1S/C21H14N4/c22-14-15-6-8-18(9-7-15)21-24-19(16-4-2-1-3-5-16)20(25-21)17-10-12-23-13-11-17/h1-13H,(H,24,25). The molecule has 4 nitrogen and oxygen atoms in total. The van der Waals surface area contributed by atoms with Gasteiger partial charge < -0.3 is 4.98 Å². The summed E-state index contributed by atoms with van der Waals surface area (Å²) < 4.78 is 0. The van der Waals surface area contributed by atoms with Crippen molar-refractivity contribution in [2.45, 2.75) is 0 Å². The van der Waals surface area contributed by atoms with Gasteiger partial charge in [-0.25, -0.2) is 4.98 Å². The number of hydrogen-bond donors (Lipinski definition) is 1. The number of benzene rings is 2. The van der Waals surface area contributed by atoms with Crippen LogP contribution in [0.2, 0.25) is 0 Å². The van der Waals surface area contributed by atoms with Crippen molar-refractivity contribution < 1.29 is 0 Å². The molecular weight excluding hydrogens is 308 g/mol. The molecule has 0 aliphatic carbocycles. The van der Waals surface area contributed by atoms with Gasteiger partial charge in [0, 0.05) is 29.1 Å². The predicted molar refractivity (Wildman–Crippen MR) is 97.4 cm³/mol. The van der Waals surface area contributed by atoms with Gasteiger partial charge in [-0.15, -0.1) is 0 Å². The summed E-state index contributed by atoms with van der Waals surface area (Å²) >= 11 is 0. The van der Waals surface area contributed by atoms with Crippen molar-refractivity contribution in [3.05, 3.63) is 84.7 Å². The molecule has 0 fully saturated rings. The lowest BCUT2D eigenvalue weighted by Gasteiger charge is -2.02. The summed E-state index contributed by atoms with van der Waals surface area (Å²) in [6, 6.07) is 23.6. The highest BCUT2D eigenvalue weighted by atomic mass is 14.9. The average molecular weight is 322 g/mol. The summed E-state index contributed by atoms with van der Waals surface area (Å²) in [7, 11) is 0. The SMILES string of the molecule is N#Cc1ccc(-c2nc(-c3ccncc3)c(-c3ccccc3)[nH]2)cc1. The first-order valence-electron chi connectivity index (χ1n) is 7.91. The molecule has 0 bridgehead atoms. The van der Waals surface area contributed by atoms with Crippen molar-refractivity contribution in [1.82, 2.24) is 15.0 Å². The number of imidazole rings is 1. The van der Waals surface area contributed by atoms with Crippen molar-refractivity contribution in [1.29, 1.82) is 5.26 Å². The third-order valence-corrected chi connectivity index (χ3v) is 4.01. The van der Waals surface area contributed by atoms with Crippen molar-refractivity contribution in [2.75, 3.05) is 0 Å². The van der Waals surface area contributed by atoms with Crippen molar-refractivity contribution in [3.63, 3.8) is 0 Å². The average Bonchev–Trinajstić information content (AvgIpc) is 3.15. The lowest BCUT2D eigenvalue weighted by molar-refractivity contribution is 1.30. The van der Waals surface area contributed by atoms with E-state index >= 15 is 0 Å².